The summed E-state index contributed by atoms with van der Waals surface area (Å²) in [6.45, 7) is 4.14. The number of β-amino-alcohol motifs (C(OH)–C–C–N with tert-alkyl or cyclic N) is 2. The minimum atomic E-state index is -0.215. The molecule has 60 valence electrons. The fraction of sp³-hybridized carbons (Fsp3) is 1.00. The summed E-state index contributed by atoms with van der Waals surface area (Å²) < 4.78 is 0. The van der Waals surface area contributed by atoms with Crippen LogP contribution in [0.2, 0.25) is 0 Å². The van der Waals surface area contributed by atoms with Gasteiger partial charge in [0.05, 0.1) is 12.2 Å². The third-order valence-electron chi connectivity index (χ3n) is 1.88. The van der Waals surface area contributed by atoms with E-state index in [0.717, 1.165) is 19.5 Å². The van der Waals surface area contributed by atoms with Crippen molar-refractivity contribution in [1.29, 1.82) is 0 Å². The van der Waals surface area contributed by atoms with Crippen LogP contribution in [-0.4, -0.2) is 47.0 Å². The van der Waals surface area contributed by atoms with Gasteiger partial charge >= 0.3 is 0 Å². The molecule has 1 aliphatic rings. The zero-order valence-electron chi connectivity index (χ0n) is 6.32. The molecule has 1 saturated heterocycles. The molecule has 1 aliphatic heterocycles. The Balaban J connectivity index is 2.04. The summed E-state index contributed by atoms with van der Waals surface area (Å²) >= 11 is 0. The summed E-state index contributed by atoms with van der Waals surface area (Å²) in [6, 6.07) is 0. The molecule has 1 rings (SSSR count). The lowest BCUT2D eigenvalue weighted by molar-refractivity contribution is -0.0221. The molecule has 0 aromatic carbocycles. The van der Waals surface area contributed by atoms with Gasteiger partial charge in [0.15, 0.2) is 0 Å². The van der Waals surface area contributed by atoms with E-state index in [1.54, 1.807) is 0 Å². The highest BCUT2D eigenvalue weighted by atomic mass is 16.3. The second kappa shape index (κ2) is 3.32. The van der Waals surface area contributed by atoms with E-state index < -0.39 is 0 Å². The molecule has 3 heteroatoms. The molecular weight excluding hydrogens is 130 g/mol. The molecule has 0 radical (unpaired) electrons. The van der Waals surface area contributed by atoms with Crippen molar-refractivity contribution in [2.24, 2.45) is 0 Å². The molecule has 1 unspecified atom stereocenters. The van der Waals surface area contributed by atoms with Crippen LogP contribution in [0.15, 0.2) is 0 Å². The van der Waals surface area contributed by atoms with E-state index in [1.807, 2.05) is 6.92 Å². The minimum absolute atomic E-state index is 0.149. The van der Waals surface area contributed by atoms with Gasteiger partial charge in [-0.1, -0.05) is 6.92 Å². The Labute approximate surface area is 61.3 Å². The number of likely N-dealkylation sites (tertiary alicyclic amines) is 1. The van der Waals surface area contributed by atoms with Crippen LogP contribution in [0.4, 0.5) is 0 Å². The fourth-order valence-electron chi connectivity index (χ4n) is 1.12. The molecule has 2 N–H and O–H groups in total. The minimum Gasteiger partial charge on any atom is -0.392 e. The van der Waals surface area contributed by atoms with Gasteiger partial charge in [0.1, 0.15) is 0 Å². The van der Waals surface area contributed by atoms with Crippen LogP contribution in [0.1, 0.15) is 13.3 Å². The predicted octanol–water partition coefficient (Wildman–Crippen LogP) is -0.566. The largest absolute Gasteiger partial charge is 0.392 e. The van der Waals surface area contributed by atoms with Crippen molar-refractivity contribution in [3.63, 3.8) is 0 Å². The SMILES string of the molecule is CCC(O)CN1CC(O)C1. The lowest BCUT2D eigenvalue weighted by Gasteiger charge is -2.36. The Morgan fingerprint density at radius 3 is 2.60 bits per heavy atom. The van der Waals surface area contributed by atoms with Gasteiger partial charge in [-0.2, -0.15) is 0 Å². The smallest absolute Gasteiger partial charge is 0.0793 e. The van der Waals surface area contributed by atoms with E-state index in [9.17, 15) is 0 Å². The lowest BCUT2D eigenvalue weighted by atomic mass is 10.1. The Morgan fingerprint density at radius 1 is 1.60 bits per heavy atom. The van der Waals surface area contributed by atoms with Gasteiger partial charge < -0.3 is 10.2 Å². The second-order valence-electron chi connectivity index (χ2n) is 2.93. The lowest BCUT2D eigenvalue weighted by Crippen LogP contribution is -2.52. The van der Waals surface area contributed by atoms with E-state index in [1.165, 1.54) is 0 Å². The number of nitrogens with zero attached hydrogens (tertiary/aromatic N) is 1. The number of aliphatic hydroxyl groups is 2. The fourth-order valence-corrected chi connectivity index (χ4v) is 1.12. The molecule has 3 nitrogen and oxygen atoms in total. The van der Waals surface area contributed by atoms with Crippen molar-refractivity contribution in [2.45, 2.75) is 25.6 Å². The van der Waals surface area contributed by atoms with Crippen molar-refractivity contribution in [2.75, 3.05) is 19.6 Å². The van der Waals surface area contributed by atoms with E-state index in [-0.39, 0.29) is 12.2 Å². The highest BCUT2D eigenvalue weighted by molar-refractivity contribution is 4.79. The van der Waals surface area contributed by atoms with E-state index in [2.05, 4.69) is 4.90 Å². The molecule has 0 spiro atoms. The van der Waals surface area contributed by atoms with Gasteiger partial charge in [0, 0.05) is 19.6 Å². The first-order chi connectivity index (χ1) is 4.72. The summed E-state index contributed by atoms with van der Waals surface area (Å²) in [4.78, 5) is 2.05. The van der Waals surface area contributed by atoms with Crippen LogP contribution in [0.3, 0.4) is 0 Å². The second-order valence-corrected chi connectivity index (χ2v) is 2.93. The van der Waals surface area contributed by atoms with Gasteiger partial charge in [0.2, 0.25) is 0 Å². The first-order valence-electron chi connectivity index (χ1n) is 3.81. The molecular formula is C7H15NO2. The van der Waals surface area contributed by atoms with E-state index >= 15 is 0 Å². The van der Waals surface area contributed by atoms with Gasteiger partial charge in [-0.15, -0.1) is 0 Å². The van der Waals surface area contributed by atoms with Crippen LogP contribution in [-0.2, 0) is 0 Å². The van der Waals surface area contributed by atoms with Crippen molar-refractivity contribution in [1.82, 2.24) is 4.90 Å². The Kier molecular flexibility index (Phi) is 2.65. The molecule has 10 heavy (non-hydrogen) atoms. The van der Waals surface area contributed by atoms with Crippen molar-refractivity contribution in [3.8, 4) is 0 Å². The van der Waals surface area contributed by atoms with Crippen molar-refractivity contribution in [3.05, 3.63) is 0 Å². The van der Waals surface area contributed by atoms with Crippen LogP contribution in [0.25, 0.3) is 0 Å². The van der Waals surface area contributed by atoms with Crippen LogP contribution in [0, 0.1) is 0 Å². The standard InChI is InChI=1S/C7H15NO2/c1-2-6(9)3-8-4-7(10)5-8/h6-7,9-10H,2-5H2,1H3. The third kappa shape index (κ3) is 1.94. The number of aliphatic hydroxyl groups excluding tert-OH is 2. The summed E-state index contributed by atoms with van der Waals surface area (Å²) in [5.41, 5.74) is 0. The maximum absolute atomic E-state index is 9.16. The topological polar surface area (TPSA) is 43.7 Å². The van der Waals surface area contributed by atoms with Crippen molar-refractivity contribution < 1.29 is 10.2 Å². The van der Waals surface area contributed by atoms with Crippen molar-refractivity contribution >= 4 is 0 Å². The maximum atomic E-state index is 9.16. The summed E-state index contributed by atoms with van der Waals surface area (Å²) in [5, 5.41) is 18.0. The van der Waals surface area contributed by atoms with Crippen LogP contribution >= 0.6 is 0 Å². The first-order valence-corrected chi connectivity index (χ1v) is 3.81. The zero-order valence-corrected chi connectivity index (χ0v) is 6.32. The van der Waals surface area contributed by atoms with E-state index in [0.29, 0.717) is 6.54 Å². The normalized spacial score (nSPS) is 24.3. The predicted molar refractivity (Wildman–Crippen MR) is 38.7 cm³/mol. The molecule has 0 aromatic heterocycles. The molecule has 1 fully saturated rings. The highest BCUT2D eigenvalue weighted by Gasteiger charge is 2.25. The molecule has 1 atom stereocenters. The third-order valence-corrected chi connectivity index (χ3v) is 1.88. The monoisotopic (exact) mass is 145 g/mol. The highest BCUT2D eigenvalue weighted by Crippen LogP contribution is 2.08. The quantitative estimate of drug-likeness (QED) is 0.559. The van der Waals surface area contributed by atoms with Gasteiger partial charge in [-0.25, -0.2) is 0 Å². The van der Waals surface area contributed by atoms with Crippen LogP contribution < -0.4 is 0 Å². The maximum Gasteiger partial charge on any atom is 0.0793 e. The number of rotatable bonds is 3. The Hall–Kier alpha value is -0.120. The molecule has 0 aromatic rings. The first kappa shape index (κ1) is 7.98. The summed E-state index contributed by atoms with van der Waals surface area (Å²) in [5.74, 6) is 0. The molecule has 0 bridgehead atoms. The van der Waals surface area contributed by atoms with E-state index in [4.69, 9.17) is 10.2 Å². The Bertz CT molecular complexity index is 102. The summed E-state index contributed by atoms with van der Waals surface area (Å²) in [6.07, 6.45) is 0.434. The zero-order chi connectivity index (χ0) is 7.56. The summed E-state index contributed by atoms with van der Waals surface area (Å²) in [7, 11) is 0. The average Bonchev–Trinajstić information content (AvgIpc) is 1.84. The van der Waals surface area contributed by atoms with Gasteiger partial charge in [-0.3, -0.25) is 4.90 Å². The van der Waals surface area contributed by atoms with Gasteiger partial charge in [0.25, 0.3) is 0 Å². The molecule has 0 amide bonds. The molecule has 0 saturated carbocycles. The Morgan fingerprint density at radius 2 is 2.20 bits per heavy atom. The van der Waals surface area contributed by atoms with Crippen LogP contribution in [0.5, 0.6) is 0 Å². The average molecular weight is 145 g/mol. The number of hydrogen-bond donors (Lipinski definition) is 2. The number of hydrogen-bond acceptors (Lipinski definition) is 3. The van der Waals surface area contributed by atoms with Gasteiger partial charge in [-0.05, 0) is 6.42 Å². The molecule has 1 heterocycles. The molecule has 0 aliphatic carbocycles.